The van der Waals surface area contributed by atoms with Crippen LogP contribution in [0.4, 0.5) is 5.69 Å². The third kappa shape index (κ3) is 2.41. The zero-order chi connectivity index (χ0) is 14.0. The first-order valence-electron chi connectivity index (χ1n) is 6.13. The van der Waals surface area contributed by atoms with Gasteiger partial charge in [0, 0.05) is 11.7 Å². The Morgan fingerprint density at radius 3 is 2.84 bits per heavy atom. The molecule has 1 aromatic carbocycles. The van der Waals surface area contributed by atoms with Gasteiger partial charge in [0.2, 0.25) is 5.11 Å². The quantitative estimate of drug-likeness (QED) is 0.447. The molecule has 0 fully saturated rings. The number of esters is 1. The number of ether oxygens (including phenoxy) is 1. The van der Waals surface area contributed by atoms with E-state index in [1.165, 1.54) is 7.11 Å². The molecule has 102 valence electrons. The molecule has 0 aliphatic carbocycles. The van der Waals surface area contributed by atoms with Crippen LogP contribution in [0.5, 0.6) is 0 Å². The van der Waals surface area contributed by atoms with Crippen molar-refractivity contribution in [2.45, 2.75) is 25.3 Å². The Hall–Kier alpha value is -1.66. The van der Waals surface area contributed by atoms with Crippen molar-refractivity contribution in [2.75, 3.05) is 12.0 Å². The molecule has 19 heavy (non-hydrogen) atoms. The topological polar surface area (TPSA) is 69.2 Å². The van der Waals surface area contributed by atoms with Gasteiger partial charge in [0.15, 0.2) is 0 Å². The molecule has 2 atom stereocenters. The van der Waals surface area contributed by atoms with Crippen LogP contribution >= 0.6 is 12.2 Å². The summed E-state index contributed by atoms with van der Waals surface area (Å²) in [6.45, 7) is 2.04. The van der Waals surface area contributed by atoms with Crippen LogP contribution in [-0.2, 0) is 9.53 Å². The molecule has 4 N–H and O–H groups in total. The Morgan fingerprint density at radius 1 is 1.53 bits per heavy atom. The van der Waals surface area contributed by atoms with E-state index in [2.05, 4.69) is 11.3 Å². The highest BCUT2D eigenvalue weighted by Crippen LogP contribution is 2.38. The highest BCUT2D eigenvalue weighted by molar-refractivity contribution is 7.80. The van der Waals surface area contributed by atoms with Crippen LogP contribution in [-0.4, -0.2) is 24.2 Å². The van der Waals surface area contributed by atoms with Gasteiger partial charge in [0.1, 0.15) is 0 Å². The molecule has 0 amide bonds. The molecule has 6 heteroatoms. The van der Waals surface area contributed by atoms with Crippen molar-refractivity contribution in [1.29, 1.82) is 0 Å². The van der Waals surface area contributed by atoms with Gasteiger partial charge < -0.3 is 9.64 Å². The van der Waals surface area contributed by atoms with Crippen LogP contribution in [0.3, 0.4) is 0 Å². The normalized spacial score (nSPS) is 21.5. The van der Waals surface area contributed by atoms with E-state index in [0.29, 0.717) is 11.5 Å². The number of nitrogens with one attached hydrogen (secondary N) is 1. The van der Waals surface area contributed by atoms with E-state index in [4.69, 9.17) is 17.0 Å². The number of methoxy groups -OCH3 is 1. The summed E-state index contributed by atoms with van der Waals surface area (Å²) in [6, 6.07) is 7.88. The number of hydrogen-bond donors (Lipinski definition) is 2. The molecular formula is C13H18N3O2S+. The molecule has 1 aliphatic heterocycles. The molecule has 2 unspecified atom stereocenters. The number of fused-ring (bicyclic) bond motifs is 1. The van der Waals surface area contributed by atoms with Crippen LogP contribution < -0.4 is 16.2 Å². The fourth-order valence-corrected chi connectivity index (χ4v) is 2.85. The van der Waals surface area contributed by atoms with Gasteiger partial charge in [-0.15, -0.1) is 0 Å². The first-order chi connectivity index (χ1) is 9.10. The third-order valence-corrected chi connectivity index (χ3v) is 3.79. The standard InChI is InChI=1S/C13H17N3O2S/c1-8-7-10(12(17)18-2)9-5-3-4-6-11(9)16(8)13(19)15-14/h3-6,8,10H,7,14H2,1-2H3,(H,15,19)/p+1. The van der Waals surface area contributed by atoms with E-state index >= 15 is 0 Å². The summed E-state index contributed by atoms with van der Waals surface area (Å²) >= 11 is 5.30. The van der Waals surface area contributed by atoms with Gasteiger partial charge >= 0.3 is 5.97 Å². The van der Waals surface area contributed by atoms with Crippen LogP contribution in [0.15, 0.2) is 24.3 Å². The van der Waals surface area contributed by atoms with Crippen molar-refractivity contribution < 1.29 is 15.4 Å². The van der Waals surface area contributed by atoms with E-state index in [9.17, 15) is 4.79 Å². The first-order valence-corrected chi connectivity index (χ1v) is 6.54. The second kappa shape index (κ2) is 5.54. The number of hydrogen-bond acceptors (Lipinski definition) is 3. The summed E-state index contributed by atoms with van der Waals surface area (Å²) in [7, 11) is 1.42. The van der Waals surface area contributed by atoms with E-state index in [-0.39, 0.29) is 17.9 Å². The third-order valence-electron chi connectivity index (χ3n) is 3.45. The Balaban J connectivity index is 2.48. The molecule has 0 saturated heterocycles. The van der Waals surface area contributed by atoms with Crippen molar-refractivity contribution >= 4 is 29.0 Å². The number of nitrogens with zero attached hydrogens (tertiary/aromatic N) is 1. The number of carbonyl (C=O) groups is 1. The molecule has 1 aliphatic rings. The van der Waals surface area contributed by atoms with Crippen LogP contribution in [0, 0.1) is 0 Å². The van der Waals surface area contributed by atoms with Crippen LogP contribution in [0.25, 0.3) is 0 Å². The molecule has 2 rings (SSSR count). The molecule has 0 aromatic heterocycles. The lowest BCUT2D eigenvalue weighted by Gasteiger charge is -2.38. The highest BCUT2D eigenvalue weighted by Gasteiger charge is 2.36. The Labute approximate surface area is 117 Å². The van der Waals surface area contributed by atoms with Crippen molar-refractivity contribution in [2.24, 2.45) is 0 Å². The van der Waals surface area contributed by atoms with Gasteiger partial charge in [-0.05, 0) is 37.2 Å². The minimum atomic E-state index is -0.236. The molecule has 0 bridgehead atoms. The van der Waals surface area contributed by atoms with Gasteiger partial charge in [0.25, 0.3) is 0 Å². The summed E-state index contributed by atoms with van der Waals surface area (Å²) in [6.07, 6.45) is 0.672. The SMILES string of the molecule is COC(=O)C1CC(C)N(C(=S)N[NH3+])c2ccccc21. The number of carbonyl (C=O) groups excluding carboxylic acids is 1. The lowest BCUT2D eigenvalue weighted by Crippen LogP contribution is -2.71. The maximum Gasteiger partial charge on any atom is 0.313 e. The summed E-state index contributed by atoms with van der Waals surface area (Å²) in [5.41, 5.74) is 4.65. The predicted molar refractivity (Wildman–Crippen MR) is 76.4 cm³/mol. The van der Waals surface area contributed by atoms with Crippen molar-refractivity contribution in [1.82, 2.24) is 5.43 Å². The van der Waals surface area contributed by atoms with Gasteiger partial charge in [-0.25, -0.2) is 5.43 Å². The largest absolute Gasteiger partial charge is 0.469 e. The maximum absolute atomic E-state index is 11.9. The van der Waals surface area contributed by atoms with Crippen molar-refractivity contribution in [3.05, 3.63) is 29.8 Å². The number of anilines is 1. The van der Waals surface area contributed by atoms with Crippen LogP contribution in [0.2, 0.25) is 0 Å². The molecule has 5 nitrogen and oxygen atoms in total. The molecule has 0 saturated carbocycles. The van der Waals surface area contributed by atoms with Gasteiger partial charge in [0.05, 0.1) is 13.0 Å². The lowest BCUT2D eigenvalue weighted by atomic mass is 9.86. The number of para-hydroxylation sites is 1. The zero-order valence-corrected chi connectivity index (χ0v) is 11.9. The van der Waals surface area contributed by atoms with E-state index in [0.717, 1.165) is 11.3 Å². The van der Waals surface area contributed by atoms with E-state index in [1.807, 2.05) is 36.1 Å². The summed E-state index contributed by atoms with van der Waals surface area (Å²) in [4.78, 5) is 13.9. The Bertz CT molecular complexity index is 506. The van der Waals surface area contributed by atoms with Crippen LogP contribution in [0.1, 0.15) is 24.8 Å². The van der Waals surface area contributed by atoms with Crippen molar-refractivity contribution in [3.8, 4) is 0 Å². The number of benzene rings is 1. The minimum absolute atomic E-state index is 0.112. The fourth-order valence-electron chi connectivity index (χ4n) is 2.57. The number of rotatable bonds is 1. The predicted octanol–water partition coefficient (Wildman–Crippen LogP) is 0.573. The smallest absolute Gasteiger partial charge is 0.313 e. The minimum Gasteiger partial charge on any atom is -0.469 e. The summed E-state index contributed by atoms with van der Waals surface area (Å²) in [5, 5.41) is 0.559. The molecular weight excluding hydrogens is 262 g/mol. The van der Waals surface area contributed by atoms with E-state index < -0.39 is 0 Å². The lowest BCUT2D eigenvalue weighted by molar-refractivity contribution is -0.418. The number of thiocarbonyl (C=S) groups is 1. The van der Waals surface area contributed by atoms with Gasteiger partial charge in [-0.2, -0.15) is 0 Å². The summed E-state index contributed by atoms with van der Waals surface area (Å²) < 4.78 is 4.90. The Kier molecular flexibility index (Phi) is 4.01. The van der Waals surface area contributed by atoms with E-state index in [1.54, 1.807) is 0 Å². The highest BCUT2D eigenvalue weighted by atomic mass is 32.1. The average molecular weight is 280 g/mol. The average Bonchev–Trinajstić information content (AvgIpc) is 2.44. The van der Waals surface area contributed by atoms with Crippen molar-refractivity contribution in [3.63, 3.8) is 0 Å². The molecule has 1 aromatic rings. The molecule has 0 spiro atoms. The molecule has 0 radical (unpaired) electrons. The number of quaternary nitrogens is 1. The maximum atomic E-state index is 11.9. The monoisotopic (exact) mass is 280 g/mol. The zero-order valence-electron chi connectivity index (χ0n) is 11.1. The molecule has 1 heterocycles. The first kappa shape index (κ1) is 13.8. The van der Waals surface area contributed by atoms with Gasteiger partial charge in [-0.3, -0.25) is 10.6 Å². The summed E-state index contributed by atoms with van der Waals surface area (Å²) in [5.74, 6) is 3.18. The second-order valence-corrected chi connectivity index (χ2v) is 4.96. The second-order valence-electron chi connectivity index (χ2n) is 4.57. The fraction of sp³-hybridized carbons (Fsp3) is 0.385. The Morgan fingerprint density at radius 2 is 2.21 bits per heavy atom. The van der Waals surface area contributed by atoms with Gasteiger partial charge in [-0.1, -0.05) is 18.2 Å².